The standard InChI is InChI=1S/C23H27N3O3/c24-13-10-18-6-8-22(9-7-18)29-17-21(27)16-26-14-11-20(12-15-26)25-23(28)19-4-2-1-3-5-19/h1-9,20-21,27H,10-12,14-17H2,(H,25,28)/t21-/m0/s1. The van der Waals surface area contributed by atoms with Crippen LogP contribution in [0.2, 0.25) is 0 Å². The number of rotatable bonds is 8. The van der Waals surface area contributed by atoms with Crippen molar-refractivity contribution in [2.45, 2.75) is 31.4 Å². The third-order valence-corrected chi connectivity index (χ3v) is 5.08. The molecule has 0 aliphatic carbocycles. The Labute approximate surface area is 171 Å². The highest BCUT2D eigenvalue weighted by atomic mass is 16.5. The summed E-state index contributed by atoms with van der Waals surface area (Å²) < 4.78 is 5.65. The summed E-state index contributed by atoms with van der Waals surface area (Å²) in [6, 6.07) is 18.9. The predicted molar refractivity (Wildman–Crippen MR) is 111 cm³/mol. The zero-order valence-electron chi connectivity index (χ0n) is 16.5. The van der Waals surface area contributed by atoms with Crippen LogP contribution in [0.1, 0.15) is 28.8 Å². The Morgan fingerprint density at radius 3 is 2.52 bits per heavy atom. The van der Waals surface area contributed by atoms with Gasteiger partial charge in [0, 0.05) is 31.2 Å². The van der Waals surface area contributed by atoms with E-state index in [1.165, 1.54) is 0 Å². The average Bonchev–Trinajstić information content (AvgIpc) is 2.75. The van der Waals surface area contributed by atoms with E-state index in [4.69, 9.17) is 10.00 Å². The van der Waals surface area contributed by atoms with Gasteiger partial charge in [0.05, 0.1) is 12.5 Å². The van der Waals surface area contributed by atoms with Gasteiger partial charge in [-0.05, 0) is 42.7 Å². The van der Waals surface area contributed by atoms with E-state index in [0.717, 1.165) is 31.5 Å². The van der Waals surface area contributed by atoms with Crippen LogP contribution < -0.4 is 10.1 Å². The number of piperidine rings is 1. The van der Waals surface area contributed by atoms with E-state index < -0.39 is 6.10 Å². The summed E-state index contributed by atoms with van der Waals surface area (Å²) in [5.74, 6) is 0.659. The van der Waals surface area contributed by atoms with Gasteiger partial charge in [-0.15, -0.1) is 0 Å². The van der Waals surface area contributed by atoms with Crippen molar-refractivity contribution < 1.29 is 14.6 Å². The first kappa shape index (κ1) is 20.8. The maximum Gasteiger partial charge on any atom is 0.251 e. The van der Waals surface area contributed by atoms with E-state index in [0.29, 0.717) is 24.3 Å². The lowest BCUT2D eigenvalue weighted by atomic mass is 10.0. The Kier molecular flexibility index (Phi) is 7.62. The molecular weight excluding hydrogens is 366 g/mol. The molecule has 1 aliphatic heterocycles. The Balaban J connectivity index is 1.35. The number of nitrogens with zero attached hydrogens (tertiary/aromatic N) is 2. The van der Waals surface area contributed by atoms with Gasteiger partial charge in [0.15, 0.2) is 0 Å². The molecule has 2 N–H and O–H groups in total. The zero-order chi connectivity index (χ0) is 20.5. The van der Waals surface area contributed by atoms with Crippen molar-refractivity contribution in [3.8, 4) is 11.8 Å². The second-order valence-electron chi connectivity index (χ2n) is 7.36. The quantitative estimate of drug-likeness (QED) is 0.719. The van der Waals surface area contributed by atoms with E-state index in [2.05, 4.69) is 16.3 Å². The number of amides is 1. The smallest absolute Gasteiger partial charge is 0.251 e. The molecule has 6 heteroatoms. The Morgan fingerprint density at radius 1 is 1.17 bits per heavy atom. The number of nitrogens with one attached hydrogen (secondary N) is 1. The van der Waals surface area contributed by atoms with Crippen LogP contribution in [0.3, 0.4) is 0 Å². The number of carbonyl (C=O) groups is 1. The highest BCUT2D eigenvalue weighted by Gasteiger charge is 2.22. The molecule has 0 spiro atoms. The van der Waals surface area contributed by atoms with E-state index in [1.54, 1.807) is 0 Å². The van der Waals surface area contributed by atoms with Gasteiger partial charge in [0.25, 0.3) is 5.91 Å². The second-order valence-corrected chi connectivity index (χ2v) is 7.36. The van der Waals surface area contributed by atoms with Gasteiger partial charge in [0.2, 0.25) is 0 Å². The fourth-order valence-electron chi connectivity index (χ4n) is 3.46. The molecule has 3 rings (SSSR count). The van der Waals surface area contributed by atoms with Crippen LogP contribution in [-0.4, -0.2) is 54.3 Å². The lowest BCUT2D eigenvalue weighted by Crippen LogP contribution is -2.47. The fourth-order valence-corrected chi connectivity index (χ4v) is 3.46. The number of aliphatic hydroxyl groups excluding tert-OH is 1. The molecule has 1 fully saturated rings. The molecular formula is C23H27N3O3. The first-order valence-corrected chi connectivity index (χ1v) is 9.99. The van der Waals surface area contributed by atoms with Crippen molar-refractivity contribution >= 4 is 5.91 Å². The van der Waals surface area contributed by atoms with Crippen LogP contribution in [0.4, 0.5) is 0 Å². The number of aliphatic hydroxyl groups is 1. The Bertz CT molecular complexity index is 810. The third kappa shape index (κ3) is 6.60. The van der Waals surface area contributed by atoms with Gasteiger partial charge in [-0.3, -0.25) is 4.79 Å². The van der Waals surface area contributed by atoms with Crippen LogP contribution in [0.25, 0.3) is 0 Å². The number of β-amino-alcohol motifs (C(OH)–C–C–N with tert-alkyl or cyclic N) is 1. The maximum absolute atomic E-state index is 12.3. The minimum absolute atomic E-state index is 0.0294. The number of carbonyl (C=O) groups excluding carboxylic acids is 1. The third-order valence-electron chi connectivity index (χ3n) is 5.08. The summed E-state index contributed by atoms with van der Waals surface area (Å²) in [6.45, 7) is 2.44. The van der Waals surface area contributed by atoms with Gasteiger partial charge in [-0.2, -0.15) is 5.26 Å². The molecule has 0 bridgehead atoms. The summed E-state index contributed by atoms with van der Waals surface area (Å²) in [6.07, 6.45) is 1.54. The topological polar surface area (TPSA) is 85.6 Å². The fraction of sp³-hybridized carbons (Fsp3) is 0.391. The van der Waals surface area contributed by atoms with Crippen LogP contribution in [0, 0.1) is 11.3 Å². The molecule has 1 saturated heterocycles. The summed E-state index contributed by atoms with van der Waals surface area (Å²) in [5.41, 5.74) is 1.63. The van der Waals surface area contributed by atoms with E-state index >= 15 is 0 Å². The van der Waals surface area contributed by atoms with Gasteiger partial charge < -0.3 is 20.1 Å². The highest BCUT2D eigenvalue weighted by Crippen LogP contribution is 2.14. The second kappa shape index (κ2) is 10.6. The van der Waals surface area contributed by atoms with Crippen molar-refractivity contribution in [2.75, 3.05) is 26.2 Å². The predicted octanol–water partition coefficient (Wildman–Crippen LogP) is 2.39. The highest BCUT2D eigenvalue weighted by molar-refractivity contribution is 5.94. The van der Waals surface area contributed by atoms with Gasteiger partial charge >= 0.3 is 0 Å². The van der Waals surface area contributed by atoms with Gasteiger partial charge in [0.1, 0.15) is 18.5 Å². The zero-order valence-corrected chi connectivity index (χ0v) is 16.5. The molecule has 1 heterocycles. The van der Waals surface area contributed by atoms with Crippen LogP contribution in [-0.2, 0) is 6.42 Å². The average molecular weight is 393 g/mol. The normalized spacial score (nSPS) is 16.0. The SMILES string of the molecule is N#CCc1ccc(OC[C@@H](O)CN2CCC(NC(=O)c3ccccc3)CC2)cc1. The molecule has 0 radical (unpaired) electrons. The number of nitriles is 1. The maximum atomic E-state index is 12.3. The number of hydrogen-bond acceptors (Lipinski definition) is 5. The van der Waals surface area contributed by atoms with E-state index in [9.17, 15) is 9.90 Å². The largest absolute Gasteiger partial charge is 0.491 e. The summed E-state index contributed by atoms with van der Waals surface area (Å²) in [4.78, 5) is 14.5. The molecule has 2 aromatic rings. The first-order chi connectivity index (χ1) is 14.1. The monoisotopic (exact) mass is 393 g/mol. The lowest BCUT2D eigenvalue weighted by Gasteiger charge is -2.33. The molecule has 6 nitrogen and oxygen atoms in total. The molecule has 2 aromatic carbocycles. The van der Waals surface area contributed by atoms with E-state index in [1.807, 2.05) is 54.6 Å². The summed E-state index contributed by atoms with van der Waals surface area (Å²) in [7, 11) is 0. The molecule has 0 unspecified atom stereocenters. The van der Waals surface area contributed by atoms with Crippen molar-refractivity contribution in [1.82, 2.24) is 10.2 Å². The van der Waals surface area contributed by atoms with Crippen LogP contribution in [0.15, 0.2) is 54.6 Å². The first-order valence-electron chi connectivity index (χ1n) is 9.99. The molecule has 0 aromatic heterocycles. The molecule has 152 valence electrons. The number of ether oxygens (including phenoxy) is 1. The molecule has 1 aliphatic rings. The van der Waals surface area contributed by atoms with Crippen molar-refractivity contribution in [3.05, 3.63) is 65.7 Å². The number of benzene rings is 2. The number of hydrogen-bond donors (Lipinski definition) is 2. The van der Waals surface area contributed by atoms with Crippen molar-refractivity contribution in [3.63, 3.8) is 0 Å². The van der Waals surface area contributed by atoms with Crippen molar-refractivity contribution in [1.29, 1.82) is 5.26 Å². The molecule has 1 amide bonds. The number of likely N-dealkylation sites (tertiary alicyclic amines) is 1. The van der Waals surface area contributed by atoms with Crippen LogP contribution >= 0.6 is 0 Å². The molecule has 29 heavy (non-hydrogen) atoms. The van der Waals surface area contributed by atoms with Gasteiger partial charge in [-0.1, -0.05) is 30.3 Å². The molecule has 0 saturated carbocycles. The van der Waals surface area contributed by atoms with Gasteiger partial charge in [-0.25, -0.2) is 0 Å². The Morgan fingerprint density at radius 2 is 1.86 bits per heavy atom. The lowest BCUT2D eigenvalue weighted by molar-refractivity contribution is 0.0568. The minimum Gasteiger partial charge on any atom is -0.491 e. The Hall–Kier alpha value is -2.88. The summed E-state index contributed by atoms with van der Waals surface area (Å²) in [5, 5.41) is 22.1. The molecule has 1 atom stereocenters. The summed E-state index contributed by atoms with van der Waals surface area (Å²) >= 11 is 0. The van der Waals surface area contributed by atoms with Crippen LogP contribution in [0.5, 0.6) is 5.75 Å². The van der Waals surface area contributed by atoms with E-state index in [-0.39, 0.29) is 18.6 Å². The minimum atomic E-state index is -0.579. The van der Waals surface area contributed by atoms with Crippen molar-refractivity contribution in [2.24, 2.45) is 0 Å².